The first-order valence-electron chi connectivity index (χ1n) is 5.10. The summed E-state index contributed by atoms with van der Waals surface area (Å²) in [6, 6.07) is 6.61. The molecule has 0 bridgehead atoms. The Hall–Kier alpha value is -0.130. The van der Waals surface area contributed by atoms with Gasteiger partial charge in [-0.3, -0.25) is 0 Å². The molecule has 0 aliphatic carbocycles. The minimum absolute atomic E-state index is 0.296. The van der Waals surface area contributed by atoms with Gasteiger partial charge in [0.2, 0.25) is 0 Å². The number of hydrogen-bond acceptors (Lipinski definition) is 2. The molecule has 1 atom stereocenters. The molecule has 0 fully saturated rings. The third-order valence-corrected chi connectivity index (χ3v) is 4.71. The molecule has 96 valence electrons. The van der Waals surface area contributed by atoms with Crippen LogP contribution < -0.4 is 5.32 Å². The maximum Gasteiger partial charge on any atom is 0.142 e. The Bertz CT molecular complexity index is 573. The highest BCUT2D eigenvalue weighted by Crippen LogP contribution is 2.38. The highest BCUT2D eigenvalue weighted by atomic mass is 79.9. The first-order chi connectivity index (χ1) is 8.54. The standard InChI is InChI=1S/C12H9BrCl2FNS/c1-17-11(7-5-9(14)18-12(7)15)6-3-2-4-8(13)10(6)16/h2-5,11,17H,1H3. The number of halogens is 4. The van der Waals surface area contributed by atoms with Crippen molar-refractivity contribution in [3.63, 3.8) is 0 Å². The van der Waals surface area contributed by atoms with Gasteiger partial charge in [0.1, 0.15) is 5.82 Å². The fraction of sp³-hybridized carbons (Fsp3) is 0.167. The van der Waals surface area contributed by atoms with Gasteiger partial charge in [0.05, 0.1) is 19.2 Å². The Morgan fingerprint density at radius 2 is 2.06 bits per heavy atom. The van der Waals surface area contributed by atoms with Gasteiger partial charge in [-0.15, -0.1) is 11.3 Å². The van der Waals surface area contributed by atoms with Crippen LogP contribution in [0.2, 0.25) is 8.67 Å². The van der Waals surface area contributed by atoms with Gasteiger partial charge in [-0.2, -0.15) is 0 Å². The van der Waals surface area contributed by atoms with Crippen molar-refractivity contribution in [1.29, 1.82) is 0 Å². The van der Waals surface area contributed by atoms with Crippen LogP contribution in [0, 0.1) is 5.82 Å². The van der Waals surface area contributed by atoms with E-state index >= 15 is 0 Å². The lowest BCUT2D eigenvalue weighted by Gasteiger charge is -2.17. The van der Waals surface area contributed by atoms with Crippen molar-refractivity contribution in [2.45, 2.75) is 6.04 Å². The van der Waals surface area contributed by atoms with E-state index in [4.69, 9.17) is 23.2 Å². The smallest absolute Gasteiger partial charge is 0.142 e. The largest absolute Gasteiger partial charge is 0.309 e. The van der Waals surface area contributed by atoms with Crippen LogP contribution in [0.25, 0.3) is 0 Å². The summed E-state index contributed by atoms with van der Waals surface area (Å²) in [7, 11) is 1.76. The second kappa shape index (κ2) is 5.88. The summed E-state index contributed by atoms with van der Waals surface area (Å²) in [5.74, 6) is -0.296. The van der Waals surface area contributed by atoms with E-state index in [1.165, 1.54) is 11.3 Å². The highest BCUT2D eigenvalue weighted by molar-refractivity contribution is 9.10. The third-order valence-electron chi connectivity index (χ3n) is 2.58. The van der Waals surface area contributed by atoms with Gasteiger partial charge in [0.15, 0.2) is 0 Å². The first kappa shape index (κ1) is 14.3. The second-order valence-electron chi connectivity index (χ2n) is 3.64. The van der Waals surface area contributed by atoms with Crippen LogP contribution in [-0.4, -0.2) is 7.05 Å². The summed E-state index contributed by atoms with van der Waals surface area (Å²) < 4.78 is 15.7. The Labute approximate surface area is 127 Å². The molecule has 2 rings (SSSR count). The maximum atomic E-state index is 14.1. The lowest BCUT2D eigenvalue weighted by molar-refractivity contribution is 0.571. The van der Waals surface area contributed by atoms with Crippen LogP contribution in [0.15, 0.2) is 28.7 Å². The molecule has 2 aromatic rings. The summed E-state index contributed by atoms with van der Waals surface area (Å²) in [6.07, 6.45) is 0. The van der Waals surface area contributed by atoms with Crippen molar-refractivity contribution in [1.82, 2.24) is 5.32 Å². The van der Waals surface area contributed by atoms with Gasteiger partial charge in [0, 0.05) is 11.1 Å². The van der Waals surface area contributed by atoms with Gasteiger partial charge >= 0.3 is 0 Å². The molecule has 1 nitrogen and oxygen atoms in total. The van der Waals surface area contributed by atoms with E-state index in [2.05, 4.69) is 21.2 Å². The monoisotopic (exact) mass is 367 g/mol. The molecule has 1 heterocycles. The third kappa shape index (κ3) is 2.73. The molecular formula is C12H9BrCl2FNS. The molecular weight excluding hydrogens is 360 g/mol. The lowest BCUT2D eigenvalue weighted by atomic mass is 10.0. The predicted molar refractivity (Wildman–Crippen MR) is 79.3 cm³/mol. The zero-order valence-electron chi connectivity index (χ0n) is 9.31. The predicted octanol–water partition coefficient (Wildman–Crippen LogP) is 5.27. The van der Waals surface area contributed by atoms with Crippen LogP contribution in [0.1, 0.15) is 17.2 Å². The molecule has 6 heteroatoms. The van der Waals surface area contributed by atoms with Crippen LogP contribution in [0.3, 0.4) is 0 Å². The van der Waals surface area contributed by atoms with E-state index in [9.17, 15) is 4.39 Å². The molecule has 18 heavy (non-hydrogen) atoms. The number of nitrogens with one attached hydrogen (secondary N) is 1. The topological polar surface area (TPSA) is 12.0 Å². The molecule has 1 N–H and O–H groups in total. The van der Waals surface area contributed by atoms with E-state index in [0.29, 0.717) is 18.7 Å². The average molecular weight is 369 g/mol. The maximum absolute atomic E-state index is 14.1. The summed E-state index contributed by atoms with van der Waals surface area (Å²) in [6.45, 7) is 0. The summed E-state index contributed by atoms with van der Waals surface area (Å²) in [5, 5.41) is 3.06. The molecule has 1 unspecified atom stereocenters. The summed E-state index contributed by atoms with van der Waals surface area (Å²) in [4.78, 5) is 0. The van der Waals surface area contributed by atoms with Gasteiger partial charge in [-0.1, -0.05) is 35.3 Å². The van der Waals surface area contributed by atoms with Crippen molar-refractivity contribution < 1.29 is 4.39 Å². The van der Waals surface area contributed by atoms with Crippen LogP contribution in [0.5, 0.6) is 0 Å². The molecule has 1 aromatic heterocycles. The van der Waals surface area contributed by atoms with E-state index in [1.54, 1.807) is 31.3 Å². The zero-order chi connectivity index (χ0) is 13.3. The summed E-state index contributed by atoms with van der Waals surface area (Å²) in [5.41, 5.74) is 1.31. The average Bonchev–Trinajstić information content (AvgIpc) is 2.65. The molecule has 0 saturated heterocycles. The molecule has 1 aromatic carbocycles. The van der Waals surface area contributed by atoms with E-state index in [-0.39, 0.29) is 11.9 Å². The van der Waals surface area contributed by atoms with Crippen molar-refractivity contribution in [2.24, 2.45) is 0 Å². The Balaban J connectivity index is 2.52. The van der Waals surface area contributed by atoms with Crippen molar-refractivity contribution in [3.05, 3.63) is 54.4 Å². The molecule has 0 radical (unpaired) electrons. The Morgan fingerprint density at radius 1 is 1.33 bits per heavy atom. The second-order valence-corrected chi connectivity index (χ2v) is 6.78. The van der Waals surface area contributed by atoms with E-state index in [0.717, 1.165) is 5.56 Å². The van der Waals surface area contributed by atoms with Crippen LogP contribution in [-0.2, 0) is 0 Å². The molecule has 0 saturated carbocycles. The Morgan fingerprint density at radius 3 is 2.61 bits per heavy atom. The minimum atomic E-state index is -0.321. The number of benzene rings is 1. The first-order valence-corrected chi connectivity index (χ1v) is 7.47. The molecule has 0 aliphatic heterocycles. The zero-order valence-corrected chi connectivity index (χ0v) is 13.2. The van der Waals surface area contributed by atoms with E-state index < -0.39 is 0 Å². The number of thiophene rings is 1. The van der Waals surface area contributed by atoms with Crippen LogP contribution in [0.4, 0.5) is 4.39 Å². The minimum Gasteiger partial charge on any atom is -0.309 e. The van der Waals surface area contributed by atoms with Crippen LogP contribution >= 0.6 is 50.5 Å². The molecule has 0 spiro atoms. The fourth-order valence-corrected chi connectivity index (χ4v) is 3.69. The summed E-state index contributed by atoms with van der Waals surface area (Å²) >= 11 is 16.5. The fourth-order valence-electron chi connectivity index (χ4n) is 1.77. The van der Waals surface area contributed by atoms with E-state index in [1.807, 2.05) is 0 Å². The molecule has 0 amide bonds. The molecule has 0 aliphatic rings. The van der Waals surface area contributed by atoms with Gasteiger partial charge in [-0.05, 0) is 35.1 Å². The van der Waals surface area contributed by atoms with Crippen molar-refractivity contribution in [3.8, 4) is 0 Å². The number of rotatable bonds is 3. The SMILES string of the molecule is CNC(c1cc(Cl)sc1Cl)c1cccc(Br)c1F. The van der Waals surface area contributed by atoms with Crippen molar-refractivity contribution in [2.75, 3.05) is 7.05 Å². The van der Waals surface area contributed by atoms with Gasteiger partial charge in [0.25, 0.3) is 0 Å². The Kier molecular flexibility index (Phi) is 4.67. The lowest BCUT2D eigenvalue weighted by Crippen LogP contribution is -2.18. The quantitative estimate of drug-likeness (QED) is 0.778. The van der Waals surface area contributed by atoms with Gasteiger partial charge in [-0.25, -0.2) is 4.39 Å². The van der Waals surface area contributed by atoms with Gasteiger partial charge < -0.3 is 5.32 Å². The highest BCUT2D eigenvalue weighted by Gasteiger charge is 2.21. The normalized spacial score (nSPS) is 12.7. The number of hydrogen-bond donors (Lipinski definition) is 1. The van der Waals surface area contributed by atoms with Crippen molar-refractivity contribution >= 4 is 50.5 Å².